The van der Waals surface area contributed by atoms with E-state index in [-0.39, 0.29) is 62.7 Å². The number of phenols is 1. The molecule has 0 aliphatic rings. The first-order valence-corrected chi connectivity index (χ1v) is 25.7. The van der Waals surface area contributed by atoms with Crippen LogP contribution in [0, 0.1) is 17.8 Å². The average Bonchev–Trinajstić information content (AvgIpc) is 3.88. The van der Waals surface area contributed by atoms with Crippen molar-refractivity contribution >= 4 is 65.1 Å². The second-order valence-corrected chi connectivity index (χ2v) is 20.0. The highest BCUT2D eigenvalue weighted by Gasteiger charge is 2.37. The average molecular weight is 1100 g/mol. The van der Waals surface area contributed by atoms with Crippen molar-refractivity contribution in [2.24, 2.45) is 45.7 Å². The molecule has 0 saturated carbocycles. The van der Waals surface area contributed by atoms with Gasteiger partial charge in [0.2, 0.25) is 53.2 Å². The van der Waals surface area contributed by atoms with E-state index in [9.17, 15) is 63.3 Å². The lowest BCUT2D eigenvalue weighted by Gasteiger charge is -2.30. The summed E-state index contributed by atoms with van der Waals surface area (Å²) in [4.78, 5) is 145. The minimum Gasteiger partial charge on any atom is -0.508 e. The molecule has 1 aromatic heterocycles. The number of hydrogen-bond acceptors (Lipinski definition) is 15. The number of guanidine groups is 1. The van der Waals surface area contributed by atoms with Gasteiger partial charge in [0.25, 0.3) is 0 Å². The Morgan fingerprint density at radius 3 is 1.69 bits per heavy atom. The summed E-state index contributed by atoms with van der Waals surface area (Å²) in [6.07, 6.45) is 0.826. The molecule has 2 aromatic rings. The number of benzene rings is 1. The first kappa shape index (κ1) is 66.2. The number of aliphatic hydroxyl groups is 1. The highest BCUT2D eigenvalue weighted by Crippen LogP contribution is 2.15. The predicted molar refractivity (Wildman–Crippen MR) is 285 cm³/mol. The first-order valence-electron chi connectivity index (χ1n) is 25.7. The third kappa shape index (κ3) is 23.2. The van der Waals surface area contributed by atoms with Gasteiger partial charge in [-0.25, -0.2) is 9.78 Å². The molecular formula is C50H81N15O13. The van der Waals surface area contributed by atoms with E-state index in [0.717, 1.165) is 0 Å². The monoisotopic (exact) mass is 1100 g/mol. The van der Waals surface area contributed by atoms with E-state index in [2.05, 4.69) is 57.5 Å². The van der Waals surface area contributed by atoms with Crippen LogP contribution in [0.15, 0.2) is 41.8 Å². The Balaban J connectivity index is 2.39. The van der Waals surface area contributed by atoms with Gasteiger partial charge in [-0.15, -0.1) is 0 Å². The quantitative estimate of drug-likeness (QED) is 0.0185. The fraction of sp³-hybridized carbons (Fsp3) is 0.600. The van der Waals surface area contributed by atoms with Crippen LogP contribution in [0.2, 0.25) is 0 Å². The van der Waals surface area contributed by atoms with Gasteiger partial charge in [-0.3, -0.25) is 48.1 Å². The van der Waals surface area contributed by atoms with Crippen molar-refractivity contribution in [3.63, 3.8) is 0 Å². The number of hydrogen-bond donors (Lipinski definition) is 16. The van der Waals surface area contributed by atoms with Gasteiger partial charge in [0, 0.05) is 37.7 Å². The van der Waals surface area contributed by atoms with Crippen LogP contribution >= 0.6 is 0 Å². The Morgan fingerprint density at radius 2 is 1.17 bits per heavy atom. The molecule has 1 heterocycles. The van der Waals surface area contributed by atoms with Crippen molar-refractivity contribution in [2.75, 3.05) is 6.54 Å². The number of aliphatic carboxylic acids is 1. The molecule has 0 unspecified atom stereocenters. The molecule has 434 valence electrons. The molecule has 0 bridgehead atoms. The van der Waals surface area contributed by atoms with E-state index in [4.69, 9.17) is 22.9 Å². The summed E-state index contributed by atoms with van der Waals surface area (Å²) in [5.41, 5.74) is 23.0. The molecule has 78 heavy (non-hydrogen) atoms. The number of primary amides is 1. The molecule has 11 atom stereocenters. The highest BCUT2D eigenvalue weighted by atomic mass is 16.4. The summed E-state index contributed by atoms with van der Waals surface area (Å²) < 4.78 is 0. The van der Waals surface area contributed by atoms with Crippen LogP contribution in [0.1, 0.15) is 105 Å². The van der Waals surface area contributed by atoms with Crippen molar-refractivity contribution in [1.82, 2.24) is 52.5 Å². The standard InChI is InChI=1S/C50H81N15O13/c1-9-26(6)39(47(75)65-40(28(8)66)48(76)62-35(20-29-12-14-31(67)15-13-29)45(73)63-38(25(4)5)49(77)78)64-46(74)36(21-30-22-55-23-57-30)61-43(71)33(16-17-37(52)68)59-41(69)27(7)58-44(72)34(19-24(2)3)60-42(70)32(51)11-10-18-56-50(53)54/h12-15,22-28,32-36,38-40,66-67H,9-11,16-21,51H2,1-8H3,(H2,52,68)(H,55,57)(H,58,72)(H,59,69)(H,60,70)(H,61,71)(H,62,76)(H,63,73)(H,64,74)(H,65,75)(H,77,78)(H4,53,54,56)/t26-,27-,28+,32-,33-,34-,35-,36-,38-,39-,40-/m0/s1. The van der Waals surface area contributed by atoms with Gasteiger partial charge in [0.1, 0.15) is 54.1 Å². The predicted octanol–water partition coefficient (Wildman–Crippen LogP) is -3.34. The molecule has 0 fully saturated rings. The number of imidazole rings is 1. The van der Waals surface area contributed by atoms with Crippen LogP contribution in [-0.4, -0.2) is 157 Å². The molecule has 0 radical (unpaired) electrons. The summed E-state index contributed by atoms with van der Waals surface area (Å²) >= 11 is 0. The van der Waals surface area contributed by atoms with Crippen LogP contribution < -0.4 is 65.5 Å². The van der Waals surface area contributed by atoms with Crippen LogP contribution in [0.25, 0.3) is 0 Å². The molecule has 0 aliphatic carbocycles. The highest BCUT2D eigenvalue weighted by molar-refractivity contribution is 5.98. The first-order chi connectivity index (χ1) is 36.5. The molecule has 0 aliphatic heterocycles. The number of aromatic nitrogens is 2. The molecule has 1 aromatic carbocycles. The number of carboxylic acids is 1. The SMILES string of the molecule is CC[C@H](C)[C@H](NC(=O)[C@H](Cc1cnc[nH]1)NC(=O)[C@H](CCC(N)=O)NC(=O)[C@H](C)NC(=O)[C@H](CC(C)C)NC(=O)[C@@H](N)CCCN=C(N)N)C(=O)N[C@H](C(=O)N[C@@H](Cc1ccc(O)cc1)C(=O)N[C@H](C(=O)O)C(C)C)[C@@H](C)O. The number of aromatic hydroxyl groups is 1. The summed E-state index contributed by atoms with van der Waals surface area (Å²) in [5, 5.41) is 50.6. The van der Waals surface area contributed by atoms with Crippen molar-refractivity contribution < 1.29 is 63.3 Å². The zero-order chi connectivity index (χ0) is 59.0. The summed E-state index contributed by atoms with van der Waals surface area (Å²) in [6.45, 7) is 12.8. The van der Waals surface area contributed by atoms with Gasteiger partial charge in [0.05, 0.1) is 18.5 Å². The van der Waals surface area contributed by atoms with Crippen LogP contribution in [0.4, 0.5) is 0 Å². The maximum absolute atomic E-state index is 14.4. The fourth-order valence-electron chi connectivity index (χ4n) is 7.67. The molecular weight excluding hydrogens is 1020 g/mol. The van der Waals surface area contributed by atoms with E-state index in [0.29, 0.717) is 17.7 Å². The number of H-pyrrole nitrogens is 1. The number of amides is 9. The summed E-state index contributed by atoms with van der Waals surface area (Å²) in [5.74, 6) is -10.8. The van der Waals surface area contributed by atoms with Crippen molar-refractivity contribution in [1.29, 1.82) is 0 Å². The largest absolute Gasteiger partial charge is 0.508 e. The Bertz CT molecular complexity index is 2360. The number of rotatable bonds is 34. The molecule has 28 nitrogen and oxygen atoms in total. The fourth-order valence-corrected chi connectivity index (χ4v) is 7.67. The number of aromatic amines is 1. The van der Waals surface area contributed by atoms with Crippen LogP contribution in [0.3, 0.4) is 0 Å². The third-order valence-electron chi connectivity index (χ3n) is 12.4. The Morgan fingerprint density at radius 1 is 0.641 bits per heavy atom. The van der Waals surface area contributed by atoms with Gasteiger partial charge >= 0.3 is 5.97 Å². The van der Waals surface area contributed by atoms with Crippen LogP contribution in [0.5, 0.6) is 5.75 Å². The maximum Gasteiger partial charge on any atom is 0.326 e. The Hall–Kier alpha value is -7.88. The molecule has 9 amide bonds. The number of carbonyl (C=O) groups excluding carboxylic acids is 9. The lowest BCUT2D eigenvalue weighted by atomic mass is 9.96. The second-order valence-electron chi connectivity index (χ2n) is 20.0. The van der Waals surface area contributed by atoms with Gasteiger partial charge in [-0.05, 0) is 75.0 Å². The number of aliphatic imine (C=N–C) groups is 1. The van der Waals surface area contributed by atoms with Gasteiger partial charge < -0.3 is 85.8 Å². The Labute approximate surface area is 453 Å². The number of carboxylic acid groups (broad SMARTS) is 1. The summed E-state index contributed by atoms with van der Waals surface area (Å²) in [6, 6.07) is -6.88. The smallest absolute Gasteiger partial charge is 0.326 e. The van der Waals surface area contributed by atoms with Gasteiger partial charge in [-0.2, -0.15) is 0 Å². The number of phenolic OH excluding ortho intramolecular Hbond substituents is 1. The Kier molecular flexibility index (Phi) is 27.7. The van der Waals surface area contributed by atoms with Crippen molar-refractivity contribution in [2.45, 2.75) is 167 Å². The van der Waals surface area contributed by atoms with Gasteiger partial charge in [0.15, 0.2) is 5.96 Å². The zero-order valence-corrected chi connectivity index (χ0v) is 45.5. The second kappa shape index (κ2) is 32.6. The third-order valence-corrected chi connectivity index (χ3v) is 12.4. The van der Waals surface area contributed by atoms with Crippen molar-refractivity contribution in [3.05, 3.63) is 48.0 Å². The van der Waals surface area contributed by atoms with E-state index in [1.165, 1.54) is 50.6 Å². The molecule has 0 spiro atoms. The lowest BCUT2D eigenvalue weighted by molar-refractivity contribution is -0.143. The van der Waals surface area contributed by atoms with Crippen LogP contribution in [-0.2, 0) is 60.8 Å². The zero-order valence-electron chi connectivity index (χ0n) is 45.5. The van der Waals surface area contributed by atoms with Crippen molar-refractivity contribution in [3.8, 4) is 5.75 Å². The van der Waals surface area contributed by atoms with Gasteiger partial charge in [-0.1, -0.05) is 60.1 Å². The molecule has 0 saturated heterocycles. The molecule has 20 N–H and O–H groups in total. The summed E-state index contributed by atoms with van der Waals surface area (Å²) in [7, 11) is 0. The van der Waals surface area contributed by atoms with E-state index in [1.54, 1.807) is 27.7 Å². The van der Waals surface area contributed by atoms with E-state index in [1.807, 2.05) is 13.8 Å². The lowest BCUT2D eigenvalue weighted by Crippen LogP contribution is -2.63. The minimum atomic E-state index is -1.75. The van der Waals surface area contributed by atoms with E-state index < -0.39 is 138 Å². The topological polar surface area (TPSA) is 473 Å². The van der Waals surface area contributed by atoms with E-state index >= 15 is 0 Å². The number of nitrogens with two attached hydrogens (primary N) is 4. The molecule has 2 rings (SSSR count). The number of aliphatic hydroxyl groups excluding tert-OH is 1. The number of carbonyl (C=O) groups is 10. The normalized spacial score (nSPS) is 15.4. The molecule has 28 heteroatoms. The minimum absolute atomic E-state index is 0.0827. The number of nitrogens with one attached hydrogen (secondary N) is 9. The maximum atomic E-state index is 14.4. The number of nitrogens with zero attached hydrogens (tertiary/aromatic N) is 2.